The highest BCUT2D eigenvalue weighted by Gasteiger charge is 2.12. The van der Waals surface area contributed by atoms with Gasteiger partial charge in [0.25, 0.3) is 5.91 Å². The van der Waals surface area contributed by atoms with E-state index in [0.29, 0.717) is 28.1 Å². The molecule has 0 atom stereocenters. The molecule has 0 bridgehead atoms. The van der Waals surface area contributed by atoms with Gasteiger partial charge >= 0.3 is 0 Å². The van der Waals surface area contributed by atoms with E-state index in [4.69, 9.17) is 21.1 Å². The van der Waals surface area contributed by atoms with Crippen LogP contribution in [-0.2, 0) is 0 Å². The van der Waals surface area contributed by atoms with Gasteiger partial charge in [-0.2, -0.15) is 0 Å². The average Bonchev–Trinajstić information content (AvgIpc) is 2.68. The summed E-state index contributed by atoms with van der Waals surface area (Å²) in [6, 6.07) is 14.0. The van der Waals surface area contributed by atoms with E-state index < -0.39 is 0 Å². The zero-order valence-corrected chi connectivity index (χ0v) is 16.4. The van der Waals surface area contributed by atoms with E-state index in [1.807, 2.05) is 24.3 Å². The lowest BCUT2D eigenvalue weighted by atomic mass is 10.2. The molecule has 1 heterocycles. The van der Waals surface area contributed by atoms with E-state index >= 15 is 0 Å². The summed E-state index contributed by atoms with van der Waals surface area (Å²) >= 11 is 6.10. The van der Waals surface area contributed by atoms with Crippen molar-refractivity contribution in [3.63, 3.8) is 0 Å². The van der Waals surface area contributed by atoms with Crippen molar-refractivity contribution in [1.29, 1.82) is 0 Å². The normalized spacial score (nSPS) is 10.3. The molecule has 28 heavy (non-hydrogen) atoms. The summed E-state index contributed by atoms with van der Waals surface area (Å²) in [5.74, 6) is 1.89. The van der Waals surface area contributed by atoms with Crippen molar-refractivity contribution in [3.05, 3.63) is 65.1 Å². The Labute approximate surface area is 167 Å². The number of amides is 1. The van der Waals surface area contributed by atoms with Crippen molar-refractivity contribution in [1.82, 2.24) is 9.97 Å². The van der Waals surface area contributed by atoms with Crippen molar-refractivity contribution in [2.75, 3.05) is 24.9 Å². The maximum atomic E-state index is 12.6. The largest absolute Gasteiger partial charge is 0.497 e. The Balaban J connectivity index is 1.77. The number of nitrogens with one attached hydrogen (secondary N) is 2. The number of nitrogens with zero attached hydrogens (tertiary/aromatic N) is 2. The number of methoxy groups -OCH3 is 2. The van der Waals surface area contributed by atoms with E-state index in [1.165, 1.54) is 7.11 Å². The monoisotopic (exact) mass is 398 g/mol. The van der Waals surface area contributed by atoms with Crippen LogP contribution in [0.25, 0.3) is 0 Å². The quantitative estimate of drug-likeness (QED) is 0.638. The summed E-state index contributed by atoms with van der Waals surface area (Å²) in [6.07, 6.45) is 0. The maximum Gasteiger partial charge on any atom is 0.274 e. The zero-order valence-electron chi connectivity index (χ0n) is 15.6. The maximum absolute atomic E-state index is 12.6. The van der Waals surface area contributed by atoms with Gasteiger partial charge in [-0.3, -0.25) is 4.79 Å². The van der Waals surface area contributed by atoms with Crippen molar-refractivity contribution in [3.8, 4) is 11.5 Å². The number of halogens is 1. The van der Waals surface area contributed by atoms with Crippen LogP contribution in [0.1, 0.15) is 16.3 Å². The molecule has 0 unspecified atom stereocenters. The first-order valence-corrected chi connectivity index (χ1v) is 8.78. The number of rotatable bonds is 6. The van der Waals surface area contributed by atoms with Crippen molar-refractivity contribution in [2.45, 2.75) is 6.92 Å². The number of aromatic nitrogens is 2. The van der Waals surface area contributed by atoms with Crippen LogP contribution in [-0.4, -0.2) is 30.1 Å². The van der Waals surface area contributed by atoms with Crippen molar-refractivity contribution < 1.29 is 14.3 Å². The Hall–Kier alpha value is -3.32. The lowest BCUT2D eigenvalue weighted by molar-refractivity contribution is 0.102. The predicted octanol–water partition coefficient (Wildman–Crippen LogP) is 4.45. The van der Waals surface area contributed by atoms with Crippen LogP contribution >= 0.6 is 11.6 Å². The Bertz CT molecular complexity index is 993. The minimum atomic E-state index is -0.371. The molecular formula is C20H19ClN4O3. The second kappa shape index (κ2) is 8.58. The van der Waals surface area contributed by atoms with Gasteiger partial charge in [-0.25, -0.2) is 9.97 Å². The van der Waals surface area contributed by atoms with Gasteiger partial charge in [0.05, 0.1) is 19.2 Å². The van der Waals surface area contributed by atoms with E-state index in [0.717, 1.165) is 11.4 Å². The van der Waals surface area contributed by atoms with Crippen LogP contribution in [0.4, 0.5) is 17.2 Å². The molecule has 0 saturated carbocycles. The average molecular weight is 399 g/mol. The molecule has 0 aliphatic carbocycles. The number of hydrogen-bond acceptors (Lipinski definition) is 6. The zero-order chi connectivity index (χ0) is 20.1. The fourth-order valence-corrected chi connectivity index (χ4v) is 2.77. The molecule has 0 radical (unpaired) electrons. The third-order valence-corrected chi connectivity index (χ3v) is 4.14. The number of carbonyl (C=O) groups excluding carboxylic acids is 1. The number of ether oxygens (including phenoxy) is 2. The van der Waals surface area contributed by atoms with Crippen molar-refractivity contribution >= 4 is 34.7 Å². The first kappa shape index (κ1) is 19.4. The highest BCUT2D eigenvalue weighted by molar-refractivity contribution is 6.32. The van der Waals surface area contributed by atoms with E-state index in [2.05, 4.69) is 20.6 Å². The van der Waals surface area contributed by atoms with Crippen LogP contribution in [0.2, 0.25) is 5.02 Å². The van der Waals surface area contributed by atoms with Crippen LogP contribution in [0.5, 0.6) is 11.5 Å². The van der Waals surface area contributed by atoms with E-state index in [1.54, 1.807) is 38.3 Å². The molecular weight excluding hydrogens is 380 g/mol. The molecule has 2 N–H and O–H groups in total. The van der Waals surface area contributed by atoms with Crippen LogP contribution in [0.15, 0.2) is 48.5 Å². The highest BCUT2D eigenvalue weighted by atomic mass is 35.5. The van der Waals surface area contributed by atoms with E-state index in [9.17, 15) is 4.79 Å². The van der Waals surface area contributed by atoms with Gasteiger partial charge in [-0.05, 0) is 49.4 Å². The SMILES string of the molecule is COc1ccc(Nc2cc(C(=O)Nc3ccc(OC)c(Cl)c3)nc(C)n2)cc1. The third-order valence-electron chi connectivity index (χ3n) is 3.84. The van der Waals surface area contributed by atoms with Gasteiger partial charge < -0.3 is 20.1 Å². The molecule has 8 heteroatoms. The van der Waals surface area contributed by atoms with Crippen LogP contribution < -0.4 is 20.1 Å². The highest BCUT2D eigenvalue weighted by Crippen LogP contribution is 2.27. The summed E-state index contributed by atoms with van der Waals surface area (Å²) in [5.41, 5.74) is 1.58. The molecule has 0 fully saturated rings. The van der Waals surface area contributed by atoms with Gasteiger partial charge in [0.2, 0.25) is 0 Å². The second-order valence-corrected chi connectivity index (χ2v) is 6.25. The Kier molecular flexibility index (Phi) is 5.96. The predicted molar refractivity (Wildman–Crippen MR) is 109 cm³/mol. The standard InChI is InChI=1S/C20H19ClN4O3/c1-12-22-17(20(26)25-14-6-9-18(28-3)16(21)10-14)11-19(23-12)24-13-4-7-15(27-2)8-5-13/h4-11H,1-3H3,(H,25,26)(H,22,23,24). The molecule has 2 aromatic carbocycles. The summed E-state index contributed by atoms with van der Waals surface area (Å²) in [6.45, 7) is 1.72. The molecule has 3 aromatic rings. The molecule has 0 aliphatic heterocycles. The molecule has 1 aromatic heterocycles. The minimum absolute atomic E-state index is 0.232. The molecule has 0 spiro atoms. The van der Waals surface area contributed by atoms with Gasteiger partial charge in [0.15, 0.2) is 0 Å². The second-order valence-electron chi connectivity index (χ2n) is 5.84. The molecule has 0 saturated heterocycles. The van der Waals surface area contributed by atoms with E-state index in [-0.39, 0.29) is 11.6 Å². The third kappa shape index (κ3) is 4.69. The lowest BCUT2D eigenvalue weighted by Gasteiger charge is -2.10. The van der Waals surface area contributed by atoms with Crippen molar-refractivity contribution in [2.24, 2.45) is 0 Å². The lowest BCUT2D eigenvalue weighted by Crippen LogP contribution is -2.15. The number of anilines is 3. The minimum Gasteiger partial charge on any atom is -0.497 e. The Morgan fingerprint density at radius 3 is 2.32 bits per heavy atom. The number of benzene rings is 2. The van der Waals surface area contributed by atoms with Crippen LogP contribution in [0.3, 0.4) is 0 Å². The first-order valence-electron chi connectivity index (χ1n) is 8.40. The topological polar surface area (TPSA) is 85.4 Å². The number of hydrogen-bond donors (Lipinski definition) is 2. The summed E-state index contributed by atoms with van der Waals surface area (Å²) in [5, 5.41) is 6.33. The summed E-state index contributed by atoms with van der Waals surface area (Å²) < 4.78 is 10.3. The molecule has 0 aliphatic rings. The van der Waals surface area contributed by atoms with Gasteiger partial charge in [0, 0.05) is 17.4 Å². The van der Waals surface area contributed by atoms with Gasteiger partial charge in [0.1, 0.15) is 28.8 Å². The Morgan fingerprint density at radius 1 is 0.964 bits per heavy atom. The fourth-order valence-electron chi connectivity index (χ4n) is 2.51. The first-order chi connectivity index (χ1) is 13.5. The molecule has 3 rings (SSSR count). The van der Waals surface area contributed by atoms with Gasteiger partial charge in [-0.15, -0.1) is 0 Å². The molecule has 144 valence electrons. The van der Waals surface area contributed by atoms with Crippen LogP contribution in [0, 0.1) is 6.92 Å². The number of carbonyl (C=O) groups is 1. The summed E-state index contributed by atoms with van der Waals surface area (Å²) in [7, 11) is 3.14. The Morgan fingerprint density at radius 2 is 1.68 bits per heavy atom. The van der Waals surface area contributed by atoms with Gasteiger partial charge in [-0.1, -0.05) is 11.6 Å². The molecule has 1 amide bonds. The smallest absolute Gasteiger partial charge is 0.274 e. The fraction of sp³-hybridized carbons (Fsp3) is 0.150. The molecule has 7 nitrogen and oxygen atoms in total. The summed E-state index contributed by atoms with van der Waals surface area (Å²) in [4.78, 5) is 21.1. The number of aryl methyl sites for hydroxylation is 1.